The molecule has 1 atom stereocenters. The first kappa shape index (κ1) is 16.7. The molecule has 1 saturated heterocycles. The van der Waals surface area contributed by atoms with Crippen LogP contribution in [0, 0.1) is 0 Å². The molecule has 1 aromatic carbocycles. The largest absolute Gasteiger partial charge is 0.349 e. The summed E-state index contributed by atoms with van der Waals surface area (Å²) < 4.78 is 0. The maximum atomic E-state index is 12.2. The van der Waals surface area contributed by atoms with Crippen LogP contribution in [0.15, 0.2) is 41.2 Å². The van der Waals surface area contributed by atoms with E-state index in [0.29, 0.717) is 11.6 Å². The highest BCUT2D eigenvalue weighted by Crippen LogP contribution is 2.29. The van der Waals surface area contributed by atoms with E-state index in [1.165, 1.54) is 12.1 Å². The number of hydrogen-bond donors (Lipinski definition) is 2. The molecule has 0 aliphatic carbocycles. The van der Waals surface area contributed by atoms with E-state index in [4.69, 9.17) is 11.6 Å². The lowest BCUT2D eigenvalue weighted by atomic mass is 10.1. The summed E-state index contributed by atoms with van der Waals surface area (Å²) in [6.45, 7) is 2.41. The molecule has 3 rings (SSSR count). The molecule has 6 nitrogen and oxygen atoms in total. The maximum Gasteiger partial charge on any atom is 0.271 e. The molecule has 0 radical (unpaired) electrons. The average molecular weight is 347 g/mol. The summed E-state index contributed by atoms with van der Waals surface area (Å²) in [5.74, 6) is -0.317. The Kier molecular flexibility index (Phi) is 5.27. The van der Waals surface area contributed by atoms with Gasteiger partial charge in [-0.3, -0.25) is 14.5 Å². The number of nitrogens with one attached hydrogen (secondary N) is 2. The topological polar surface area (TPSA) is 78.1 Å². The summed E-state index contributed by atoms with van der Waals surface area (Å²) in [6.07, 6.45) is 2.30. The van der Waals surface area contributed by atoms with Crippen LogP contribution < -0.4 is 10.9 Å². The molecule has 24 heavy (non-hydrogen) atoms. The third kappa shape index (κ3) is 3.83. The predicted molar refractivity (Wildman–Crippen MR) is 92.2 cm³/mol. The van der Waals surface area contributed by atoms with Crippen molar-refractivity contribution >= 4 is 17.5 Å². The van der Waals surface area contributed by atoms with E-state index < -0.39 is 0 Å². The van der Waals surface area contributed by atoms with Crippen LogP contribution in [-0.2, 0) is 0 Å². The van der Waals surface area contributed by atoms with Crippen molar-refractivity contribution in [1.29, 1.82) is 0 Å². The van der Waals surface area contributed by atoms with Crippen LogP contribution >= 0.6 is 11.6 Å². The fourth-order valence-corrected chi connectivity index (χ4v) is 3.25. The third-order valence-corrected chi connectivity index (χ3v) is 4.56. The zero-order valence-corrected chi connectivity index (χ0v) is 13.9. The molecule has 1 aromatic heterocycles. The first-order valence-electron chi connectivity index (χ1n) is 7.97. The number of H-pyrrole nitrogens is 1. The maximum absolute atomic E-state index is 12.2. The summed E-state index contributed by atoms with van der Waals surface area (Å²) in [5.41, 5.74) is 0.863. The monoisotopic (exact) mass is 346 g/mol. The van der Waals surface area contributed by atoms with Gasteiger partial charge in [-0.05, 0) is 43.6 Å². The summed E-state index contributed by atoms with van der Waals surface area (Å²) in [7, 11) is 0. The van der Waals surface area contributed by atoms with Gasteiger partial charge in [-0.25, -0.2) is 5.10 Å². The van der Waals surface area contributed by atoms with Gasteiger partial charge in [-0.2, -0.15) is 5.10 Å². The van der Waals surface area contributed by atoms with Gasteiger partial charge in [0, 0.05) is 17.6 Å². The van der Waals surface area contributed by atoms with Gasteiger partial charge in [0.2, 0.25) is 0 Å². The SMILES string of the molecule is O=C(NC[C@@H](c1ccccc1Cl)N1CCCC1)c1ccc(=O)[nH]n1. The number of amides is 1. The number of carbonyl (C=O) groups excluding carboxylic acids is 1. The second-order valence-electron chi connectivity index (χ2n) is 5.80. The Morgan fingerprint density at radius 2 is 2.00 bits per heavy atom. The standard InChI is InChI=1S/C17H19ClN4O2/c18-13-6-2-1-5-12(13)15(22-9-3-4-10-22)11-19-17(24)14-7-8-16(23)21-20-14/h1-2,5-8,15H,3-4,9-11H2,(H,19,24)(H,21,23)/t15-/m0/s1. The van der Waals surface area contributed by atoms with Crippen molar-refractivity contribution in [3.63, 3.8) is 0 Å². The highest BCUT2D eigenvalue weighted by molar-refractivity contribution is 6.31. The van der Waals surface area contributed by atoms with Gasteiger partial charge in [0.1, 0.15) is 5.69 Å². The molecule has 0 spiro atoms. The van der Waals surface area contributed by atoms with Crippen LogP contribution in [-0.4, -0.2) is 40.6 Å². The van der Waals surface area contributed by atoms with Crippen molar-refractivity contribution in [1.82, 2.24) is 20.4 Å². The van der Waals surface area contributed by atoms with Crippen molar-refractivity contribution < 1.29 is 4.79 Å². The summed E-state index contributed by atoms with van der Waals surface area (Å²) in [5, 5.41) is 9.62. The zero-order valence-electron chi connectivity index (χ0n) is 13.2. The Hall–Kier alpha value is -2.18. The number of aromatic amines is 1. The van der Waals surface area contributed by atoms with Crippen LogP contribution in [0.4, 0.5) is 0 Å². The molecule has 0 saturated carbocycles. The van der Waals surface area contributed by atoms with Gasteiger partial charge in [0.25, 0.3) is 11.5 Å². The third-order valence-electron chi connectivity index (χ3n) is 4.21. The van der Waals surface area contributed by atoms with E-state index in [1.807, 2.05) is 24.3 Å². The minimum atomic E-state index is -0.336. The summed E-state index contributed by atoms with van der Waals surface area (Å²) >= 11 is 6.36. The van der Waals surface area contributed by atoms with Crippen LogP contribution in [0.25, 0.3) is 0 Å². The quantitative estimate of drug-likeness (QED) is 0.868. The Morgan fingerprint density at radius 3 is 2.67 bits per heavy atom. The van der Waals surface area contributed by atoms with Crippen molar-refractivity contribution in [2.24, 2.45) is 0 Å². The van der Waals surface area contributed by atoms with Crippen LogP contribution in [0.2, 0.25) is 5.02 Å². The fraction of sp³-hybridized carbons (Fsp3) is 0.353. The number of carbonyl (C=O) groups is 1. The Bertz CT molecular complexity index is 751. The van der Waals surface area contributed by atoms with E-state index in [0.717, 1.165) is 31.5 Å². The smallest absolute Gasteiger partial charge is 0.271 e. The Balaban J connectivity index is 1.74. The van der Waals surface area contributed by atoms with Crippen molar-refractivity contribution in [3.8, 4) is 0 Å². The average Bonchev–Trinajstić information content (AvgIpc) is 3.11. The lowest BCUT2D eigenvalue weighted by Crippen LogP contribution is -2.37. The highest BCUT2D eigenvalue weighted by atomic mass is 35.5. The summed E-state index contributed by atoms with van der Waals surface area (Å²) in [6, 6.07) is 10.4. The normalized spacial score (nSPS) is 16.0. The first-order chi connectivity index (χ1) is 11.6. The first-order valence-corrected chi connectivity index (χ1v) is 8.35. The van der Waals surface area contributed by atoms with E-state index in [-0.39, 0.29) is 23.2 Å². The van der Waals surface area contributed by atoms with Crippen LogP contribution in [0.5, 0.6) is 0 Å². The molecule has 1 aliphatic heterocycles. The van der Waals surface area contributed by atoms with Gasteiger partial charge in [-0.1, -0.05) is 29.8 Å². The molecule has 126 valence electrons. The van der Waals surface area contributed by atoms with Crippen molar-refractivity contribution in [2.75, 3.05) is 19.6 Å². The van der Waals surface area contributed by atoms with Gasteiger partial charge in [0.05, 0.1) is 6.04 Å². The van der Waals surface area contributed by atoms with Gasteiger partial charge >= 0.3 is 0 Å². The molecule has 1 amide bonds. The molecule has 0 bridgehead atoms. The minimum Gasteiger partial charge on any atom is -0.349 e. The number of hydrogen-bond acceptors (Lipinski definition) is 4. The Morgan fingerprint density at radius 1 is 1.25 bits per heavy atom. The molecular formula is C17H19ClN4O2. The molecular weight excluding hydrogens is 328 g/mol. The Labute approximate surface area is 144 Å². The molecule has 7 heteroatoms. The molecule has 1 fully saturated rings. The molecule has 2 N–H and O–H groups in total. The predicted octanol–water partition coefficient (Wildman–Crippen LogP) is 1.99. The van der Waals surface area contributed by atoms with E-state index in [9.17, 15) is 9.59 Å². The van der Waals surface area contributed by atoms with Gasteiger partial charge in [-0.15, -0.1) is 0 Å². The molecule has 2 heterocycles. The second kappa shape index (κ2) is 7.59. The lowest BCUT2D eigenvalue weighted by molar-refractivity contribution is 0.0932. The summed E-state index contributed by atoms with van der Waals surface area (Å²) in [4.78, 5) is 25.6. The molecule has 2 aromatic rings. The molecule has 1 aliphatic rings. The number of likely N-dealkylation sites (tertiary alicyclic amines) is 1. The number of rotatable bonds is 5. The van der Waals surface area contributed by atoms with Gasteiger partial charge < -0.3 is 5.32 Å². The van der Waals surface area contributed by atoms with Crippen molar-refractivity contribution in [3.05, 3.63) is 63.0 Å². The fourth-order valence-electron chi connectivity index (χ4n) is 2.99. The zero-order chi connectivity index (χ0) is 16.9. The van der Waals surface area contributed by atoms with Gasteiger partial charge in [0.15, 0.2) is 0 Å². The van der Waals surface area contributed by atoms with E-state index >= 15 is 0 Å². The van der Waals surface area contributed by atoms with E-state index in [1.54, 1.807) is 0 Å². The number of nitrogens with zero attached hydrogens (tertiary/aromatic N) is 2. The number of halogens is 1. The molecule has 0 unspecified atom stereocenters. The second-order valence-corrected chi connectivity index (χ2v) is 6.20. The van der Waals surface area contributed by atoms with Crippen molar-refractivity contribution in [2.45, 2.75) is 18.9 Å². The highest BCUT2D eigenvalue weighted by Gasteiger charge is 2.25. The minimum absolute atomic E-state index is 0.0212. The lowest BCUT2D eigenvalue weighted by Gasteiger charge is -2.28. The number of aromatic nitrogens is 2. The van der Waals surface area contributed by atoms with E-state index in [2.05, 4.69) is 20.4 Å². The van der Waals surface area contributed by atoms with Crippen LogP contribution in [0.3, 0.4) is 0 Å². The number of benzene rings is 1. The van der Waals surface area contributed by atoms with Crippen LogP contribution in [0.1, 0.15) is 34.9 Å².